The van der Waals surface area contributed by atoms with E-state index in [1.54, 1.807) is 0 Å². The Morgan fingerprint density at radius 2 is 1.90 bits per heavy atom. The molecule has 4 heteroatoms. The van der Waals surface area contributed by atoms with Crippen molar-refractivity contribution in [2.45, 2.75) is 44.9 Å². The van der Waals surface area contributed by atoms with E-state index in [1.807, 2.05) is 18.2 Å². The van der Waals surface area contributed by atoms with Crippen LogP contribution in [0.15, 0.2) is 30.3 Å². The summed E-state index contributed by atoms with van der Waals surface area (Å²) in [5.74, 6) is 0. The first kappa shape index (κ1) is 16.3. The second-order valence-electron chi connectivity index (χ2n) is 5.88. The molecule has 1 aliphatic heterocycles. The molecule has 0 radical (unpaired) electrons. The Morgan fingerprint density at radius 3 is 2.52 bits per heavy atom. The number of ether oxygens (including phenoxy) is 2. The fraction of sp³-hybridized carbons (Fsp3) is 0.647. The van der Waals surface area contributed by atoms with E-state index in [1.165, 1.54) is 0 Å². The van der Waals surface area contributed by atoms with Crippen LogP contribution >= 0.6 is 0 Å². The lowest BCUT2D eigenvalue weighted by Crippen LogP contribution is -2.40. The molecule has 0 aromatic heterocycles. The quantitative estimate of drug-likeness (QED) is 0.838. The van der Waals surface area contributed by atoms with Crippen molar-refractivity contribution >= 4 is 5.69 Å². The van der Waals surface area contributed by atoms with Gasteiger partial charge >= 0.3 is 0 Å². The van der Waals surface area contributed by atoms with Gasteiger partial charge in [0.05, 0.1) is 18.8 Å². The third-order valence-corrected chi connectivity index (χ3v) is 3.81. The Labute approximate surface area is 127 Å². The van der Waals surface area contributed by atoms with E-state index in [9.17, 15) is 5.11 Å². The molecule has 1 unspecified atom stereocenters. The molecule has 0 spiro atoms. The largest absolute Gasteiger partial charge is 0.389 e. The van der Waals surface area contributed by atoms with Crippen molar-refractivity contribution in [1.82, 2.24) is 0 Å². The van der Waals surface area contributed by atoms with Gasteiger partial charge in [0.2, 0.25) is 0 Å². The zero-order valence-electron chi connectivity index (χ0n) is 13.1. The van der Waals surface area contributed by atoms with Gasteiger partial charge in [-0.2, -0.15) is 0 Å². The van der Waals surface area contributed by atoms with E-state index >= 15 is 0 Å². The van der Waals surface area contributed by atoms with Crippen LogP contribution in [0.1, 0.15) is 26.7 Å². The molecule has 1 aromatic carbocycles. The number of anilines is 1. The van der Waals surface area contributed by atoms with Gasteiger partial charge in [0.15, 0.2) is 0 Å². The van der Waals surface area contributed by atoms with Crippen LogP contribution in [0.25, 0.3) is 0 Å². The van der Waals surface area contributed by atoms with Crippen molar-refractivity contribution in [2.75, 3.05) is 31.3 Å². The Bertz CT molecular complexity index is 390. The number of aliphatic hydroxyl groups excluding tert-OH is 1. The van der Waals surface area contributed by atoms with Gasteiger partial charge in [-0.1, -0.05) is 18.2 Å². The number of hydrogen-bond donors (Lipinski definition) is 1. The number of benzene rings is 1. The van der Waals surface area contributed by atoms with E-state index < -0.39 is 6.10 Å². The number of aliphatic hydroxyl groups is 1. The predicted molar refractivity (Wildman–Crippen MR) is 84.7 cm³/mol. The maximum Gasteiger partial charge on any atom is 0.0948 e. The van der Waals surface area contributed by atoms with E-state index in [4.69, 9.17) is 9.47 Å². The Hall–Kier alpha value is -1.10. The Morgan fingerprint density at radius 1 is 1.24 bits per heavy atom. The molecule has 0 aliphatic carbocycles. The second-order valence-corrected chi connectivity index (χ2v) is 5.88. The summed E-state index contributed by atoms with van der Waals surface area (Å²) in [6, 6.07) is 10.5. The highest BCUT2D eigenvalue weighted by Gasteiger charge is 2.19. The summed E-state index contributed by atoms with van der Waals surface area (Å²) in [6.07, 6.45) is 1.62. The zero-order valence-corrected chi connectivity index (χ0v) is 13.1. The second kappa shape index (κ2) is 8.37. The van der Waals surface area contributed by atoms with Crippen LogP contribution < -0.4 is 4.90 Å². The molecule has 1 atom stereocenters. The molecule has 118 valence electrons. The van der Waals surface area contributed by atoms with Crippen LogP contribution in [0, 0.1) is 0 Å². The van der Waals surface area contributed by atoms with Gasteiger partial charge in [-0.15, -0.1) is 0 Å². The SMILES string of the molecule is CC(C)N(CC(O)COC1CCOCC1)c1ccccc1. The number of rotatable bonds is 7. The summed E-state index contributed by atoms with van der Waals surface area (Å²) in [6.45, 7) is 6.79. The first-order chi connectivity index (χ1) is 10.2. The molecule has 2 rings (SSSR count). The summed E-state index contributed by atoms with van der Waals surface area (Å²) in [7, 11) is 0. The van der Waals surface area contributed by atoms with Gasteiger partial charge in [0.1, 0.15) is 0 Å². The van der Waals surface area contributed by atoms with E-state index in [2.05, 4.69) is 30.9 Å². The van der Waals surface area contributed by atoms with Gasteiger partial charge in [-0.25, -0.2) is 0 Å². The molecular formula is C17H27NO3. The minimum Gasteiger partial charge on any atom is -0.389 e. The average Bonchev–Trinajstić information content (AvgIpc) is 2.52. The van der Waals surface area contributed by atoms with E-state index in [0.717, 1.165) is 31.7 Å². The highest BCUT2D eigenvalue weighted by Crippen LogP contribution is 2.17. The molecule has 1 aliphatic rings. The fourth-order valence-electron chi connectivity index (χ4n) is 2.60. The van der Waals surface area contributed by atoms with Crippen LogP contribution in [0.2, 0.25) is 0 Å². The van der Waals surface area contributed by atoms with Gasteiger partial charge in [0, 0.05) is 31.5 Å². The maximum absolute atomic E-state index is 10.3. The van der Waals surface area contributed by atoms with Crippen molar-refractivity contribution in [2.24, 2.45) is 0 Å². The molecule has 0 bridgehead atoms. The standard InChI is InChI=1S/C17H27NO3/c1-14(2)18(15-6-4-3-5-7-15)12-16(19)13-21-17-8-10-20-11-9-17/h3-7,14,16-17,19H,8-13H2,1-2H3. The molecule has 1 heterocycles. The third-order valence-electron chi connectivity index (χ3n) is 3.81. The van der Waals surface area contributed by atoms with Gasteiger partial charge in [0.25, 0.3) is 0 Å². The van der Waals surface area contributed by atoms with Crippen LogP contribution in [0.3, 0.4) is 0 Å². The molecule has 21 heavy (non-hydrogen) atoms. The summed E-state index contributed by atoms with van der Waals surface area (Å²) in [5, 5.41) is 10.3. The summed E-state index contributed by atoms with van der Waals surface area (Å²) < 4.78 is 11.1. The predicted octanol–water partition coefficient (Wildman–Crippen LogP) is 2.46. The first-order valence-electron chi connectivity index (χ1n) is 7.86. The maximum atomic E-state index is 10.3. The lowest BCUT2D eigenvalue weighted by atomic mass is 10.1. The Kier molecular flexibility index (Phi) is 6.49. The molecule has 0 saturated carbocycles. The number of hydrogen-bond acceptors (Lipinski definition) is 4. The number of para-hydroxylation sites is 1. The fourth-order valence-corrected chi connectivity index (χ4v) is 2.60. The first-order valence-corrected chi connectivity index (χ1v) is 7.86. The highest BCUT2D eigenvalue weighted by atomic mass is 16.5. The summed E-state index contributed by atoms with van der Waals surface area (Å²) in [4.78, 5) is 2.21. The zero-order chi connectivity index (χ0) is 15.1. The molecular weight excluding hydrogens is 266 g/mol. The normalized spacial score (nSPS) is 17.9. The summed E-state index contributed by atoms with van der Waals surface area (Å²) in [5.41, 5.74) is 1.14. The van der Waals surface area contributed by atoms with Crippen LogP contribution in [0.4, 0.5) is 5.69 Å². The highest BCUT2D eigenvalue weighted by molar-refractivity contribution is 5.46. The van der Waals surface area contributed by atoms with Crippen LogP contribution in [-0.4, -0.2) is 49.7 Å². The molecule has 1 aromatic rings. The molecule has 1 saturated heterocycles. The Balaban J connectivity index is 1.82. The monoisotopic (exact) mass is 293 g/mol. The average molecular weight is 293 g/mol. The molecule has 1 fully saturated rings. The van der Waals surface area contributed by atoms with Gasteiger partial charge in [-0.3, -0.25) is 0 Å². The van der Waals surface area contributed by atoms with Gasteiger partial charge in [-0.05, 0) is 38.8 Å². The van der Waals surface area contributed by atoms with Crippen LogP contribution in [-0.2, 0) is 9.47 Å². The molecule has 4 nitrogen and oxygen atoms in total. The van der Waals surface area contributed by atoms with Crippen molar-refractivity contribution in [3.05, 3.63) is 30.3 Å². The van der Waals surface area contributed by atoms with Crippen LogP contribution in [0.5, 0.6) is 0 Å². The van der Waals surface area contributed by atoms with Crippen molar-refractivity contribution in [3.8, 4) is 0 Å². The van der Waals surface area contributed by atoms with Crippen molar-refractivity contribution in [1.29, 1.82) is 0 Å². The number of nitrogens with zero attached hydrogens (tertiary/aromatic N) is 1. The molecule has 0 amide bonds. The third kappa shape index (κ3) is 5.30. The lowest BCUT2D eigenvalue weighted by molar-refractivity contribution is -0.0576. The van der Waals surface area contributed by atoms with Gasteiger partial charge < -0.3 is 19.5 Å². The topological polar surface area (TPSA) is 41.9 Å². The smallest absolute Gasteiger partial charge is 0.0948 e. The van der Waals surface area contributed by atoms with Crippen molar-refractivity contribution < 1.29 is 14.6 Å². The van der Waals surface area contributed by atoms with E-state index in [0.29, 0.717) is 19.2 Å². The lowest BCUT2D eigenvalue weighted by Gasteiger charge is -2.32. The summed E-state index contributed by atoms with van der Waals surface area (Å²) >= 11 is 0. The minimum atomic E-state index is -0.476. The molecule has 1 N–H and O–H groups in total. The minimum absolute atomic E-state index is 0.234. The van der Waals surface area contributed by atoms with E-state index in [-0.39, 0.29) is 6.10 Å². The van der Waals surface area contributed by atoms with Crippen molar-refractivity contribution in [3.63, 3.8) is 0 Å².